The molecule has 1 fully saturated rings. The van der Waals surface area contributed by atoms with Crippen molar-refractivity contribution < 1.29 is 4.79 Å². The van der Waals surface area contributed by atoms with E-state index in [0.29, 0.717) is 24.9 Å². The Labute approximate surface area is 116 Å². The molecule has 1 aromatic rings. The molecule has 2 rings (SSSR count). The van der Waals surface area contributed by atoms with Crippen molar-refractivity contribution in [2.24, 2.45) is 5.92 Å². The predicted molar refractivity (Wildman–Crippen MR) is 74.9 cm³/mol. The van der Waals surface area contributed by atoms with Gasteiger partial charge in [0.25, 0.3) is 0 Å². The second-order valence-electron chi connectivity index (χ2n) is 4.65. The molecule has 2 unspecified atom stereocenters. The first kappa shape index (κ1) is 13.5. The summed E-state index contributed by atoms with van der Waals surface area (Å²) in [7, 11) is 0. The van der Waals surface area contributed by atoms with Gasteiger partial charge in [-0.25, -0.2) is 0 Å². The van der Waals surface area contributed by atoms with Gasteiger partial charge >= 0.3 is 0 Å². The fourth-order valence-electron chi connectivity index (χ4n) is 2.02. The van der Waals surface area contributed by atoms with E-state index >= 15 is 0 Å². The van der Waals surface area contributed by atoms with E-state index in [4.69, 9.17) is 0 Å². The van der Waals surface area contributed by atoms with Gasteiger partial charge in [0.15, 0.2) is 0 Å². The molecular formula is C13H18BrN3O. The number of rotatable bonds is 4. The van der Waals surface area contributed by atoms with Crippen molar-refractivity contribution in [2.45, 2.75) is 19.4 Å². The van der Waals surface area contributed by atoms with Crippen molar-refractivity contribution in [2.75, 3.05) is 13.1 Å². The van der Waals surface area contributed by atoms with Crippen molar-refractivity contribution in [3.8, 4) is 0 Å². The van der Waals surface area contributed by atoms with Crippen molar-refractivity contribution in [1.82, 2.24) is 16.2 Å². The summed E-state index contributed by atoms with van der Waals surface area (Å²) < 4.78 is 0.984. The second-order valence-corrected chi connectivity index (χ2v) is 5.50. The molecule has 0 saturated carbocycles. The molecule has 0 aliphatic carbocycles. The first-order valence-electron chi connectivity index (χ1n) is 6.15. The average molecular weight is 312 g/mol. The summed E-state index contributed by atoms with van der Waals surface area (Å²) >= 11 is 3.45. The van der Waals surface area contributed by atoms with Crippen LogP contribution in [0.3, 0.4) is 0 Å². The zero-order valence-electron chi connectivity index (χ0n) is 10.4. The molecule has 0 radical (unpaired) electrons. The monoisotopic (exact) mass is 311 g/mol. The zero-order chi connectivity index (χ0) is 13.0. The molecule has 1 amide bonds. The van der Waals surface area contributed by atoms with Crippen molar-refractivity contribution in [3.05, 3.63) is 34.3 Å². The summed E-state index contributed by atoms with van der Waals surface area (Å²) in [4.78, 5) is 11.9. The topological polar surface area (TPSA) is 53.2 Å². The molecule has 18 heavy (non-hydrogen) atoms. The fourth-order valence-corrected chi connectivity index (χ4v) is 2.44. The van der Waals surface area contributed by atoms with Gasteiger partial charge in [-0.3, -0.25) is 15.6 Å². The maximum Gasteiger partial charge on any atom is 0.224 e. The molecule has 1 aliphatic rings. The van der Waals surface area contributed by atoms with Crippen LogP contribution < -0.4 is 16.2 Å². The number of carbonyl (C=O) groups is 1. The molecule has 1 aliphatic heterocycles. The molecule has 1 saturated heterocycles. The fraction of sp³-hybridized carbons (Fsp3) is 0.462. The highest BCUT2D eigenvalue weighted by atomic mass is 79.9. The van der Waals surface area contributed by atoms with E-state index in [1.165, 1.54) is 0 Å². The number of hydrogen-bond acceptors (Lipinski definition) is 3. The molecule has 4 nitrogen and oxygen atoms in total. The highest BCUT2D eigenvalue weighted by Gasteiger charge is 2.22. The van der Waals surface area contributed by atoms with E-state index in [1.54, 1.807) is 0 Å². The molecule has 0 bridgehead atoms. The average Bonchev–Trinajstić information content (AvgIpc) is 2.75. The van der Waals surface area contributed by atoms with Crippen LogP contribution in [0.4, 0.5) is 0 Å². The van der Waals surface area contributed by atoms with Crippen LogP contribution in [0.2, 0.25) is 0 Å². The third kappa shape index (κ3) is 3.54. The van der Waals surface area contributed by atoms with Crippen LogP contribution in [0, 0.1) is 5.92 Å². The highest BCUT2D eigenvalue weighted by Crippen LogP contribution is 2.16. The zero-order valence-corrected chi connectivity index (χ0v) is 12.0. The SMILES string of the molecule is CC1NNCC1CNC(=O)Cc1ccccc1Br. The minimum Gasteiger partial charge on any atom is -0.355 e. The Balaban J connectivity index is 1.80. The number of benzene rings is 1. The third-order valence-corrected chi connectivity index (χ3v) is 4.04. The second kappa shape index (κ2) is 6.31. The lowest BCUT2D eigenvalue weighted by Gasteiger charge is -2.14. The molecule has 3 N–H and O–H groups in total. The summed E-state index contributed by atoms with van der Waals surface area (Å²) in [6, 6.07) is 8.21. The van der Waals surface area contributed by atoms with E-state index in [2.05, 4.69) is 39.0 Å². The number of nitrogens with one attached hydrogen (secondary N) is 3. The van der Waals surface area contributed by atoms with E-state index in [0.717, 1.165) is 16.6 Å². The Morgan fingerprint density at radius 1 is 1.50 bits per heavy atom. The number of hydrogen-bond donors (Lipinski definition) is 3. The minimum atomic E-state index is 0.0704. The van der Waals surface area contributed by atoms with Crippen molar-refractivity contribution >= 4 is 21.8 Å². The number of hydrazine groups is 1. The maximum absolute atomic E-state index is 11.9. The van der Waals surface area contributed by atoms with Crippen LogP contribution in [-0.2, 0) is 11.2 Å². The summed E-state index contributed by atoms with van der Waals surface area (Å²) in [6.45, 7) is 3.73. The molecule has 0 spiro atoms. The van der Waals surface area contributed by atoms with E-state index < -0.39 is 0 Å². The van der Waals surface area contributed by atoms with Gasteiger partial charge in [-0.05, 0) is 18.6 Å². The summed E-state index contributed by atoms with van der Waals surface area (Å²) in [5.41, 5.74) is 7.26. The Bertz CT molecular complexity index is 424. The molecule has 2 atom stereocenters. The lowest BCUT2D eigenvalue weighted by Crippen LogP contribution is -2.36. The quantitative estimate of drug-likeness (QED) is 0.784. The van der Waals surface area contributed by atoms with Gasteiger partial charge in [-0.1, -0.05) is 34.1 Å². The van der Waals surface area contributed by atoms with Crippen LogP contribution in [-0.4, -0.2) is 25.0 Å². The smallest absolute Gasteiger partial charge is 0.224 e. The van der Waals surface area contributed by atoms with Crippen LogP contribution in [0.1, 0.15) is 12.5 Å². The third-order valence-electron chi connectivity index (χ3n) is 3.27. The predicted octanol–water partition coefficient (Wildman–Crippen LogP) is 1.22. The van der Waals surface area contributed by atoms with Crippen LogP contribution in [0.15, 0.2) is 28.7 Å². The van der Waals surface area contributed by atoms with Gasteiger partial charge in [0.2, 0.25) is 5.91 Å². The lowest BCUT2D eigenvalue weighted by molar-refractivity contribution is -0.120. The Hall–Kier alpha value is -0.910. The van der Waals surface area contributed by atoms with Crippen LogP contribution in [0.5, 0.6) is 0 Å². The minimum absolute atomic E-state index is 0.0704. The first-order valence-corrected chi connectivity index (χ1v) is 6.94. The van der Waals surface area contributed by atoms with Gasteiger partial charge in [-0.2, -0.15) is 0 Å². The van der Waals surface area contributed by atoms with Crippen molar-refractivity contribution in [1.29, 1.82) is 0 Å². The summed E-state index contributed by atoms with van der Waals surface area (Å²) in [5.74, 6) is 0.522. The van der Waals surface area contributed by atoms with Crippen LogP contribution >= 0.6 is 15.9 Å². The molecule has 5 heteroatoms. The van der Waals surface area contributed by atoms with E-state index in [-0.39, 0.29) is 5.91 Å². The van der Waals surface area contributed by atoms with E-state index in [9.17, 15) is 4.79 Å². The van der Waals surface area contributed by atoms with Gasteiger partial charge < -0.3 is 5.32 Å². The Morgan fingerprint density at radius 2 is 2.28 bits per heavy atom. The van der Waals surface area contributed by atoms with Crippen molar-refractivity contribution in [3.63, 3.8) is 0 Å². The molecule has 98 valence electrons. The standard InChI is InChI=1S/C13H18BrN3O/c1-9-11(8-16-17-9)7-15-13(18)6-10-4-2-3-5-12(10)14/h2-5,9,11,16-17H,6-8H2,1H3,(H,15,18). The Kier molecular flexibility index (Phi) is 4.74. The highest BCUT2D eigenvalue weighted by molar-refractivity contribution is 9.10. The lowest BCUT2D eigenvalue weighted by atomic mass is 10.0. The normalized spacial score (nSPS) is 23.0. The maximum atomic E-state index is 11.9. The van der Waals surface area contributed by atoms with Crippen LogP contribution in [0.25, 0.3) is 0 Å². The first-order chi connectivity index (χ1) is 8.66. The van der Waals surface area contributed by atoms with Gasteiger partial charge in [0, 0.05) is 29.5 Å². The summed E-state index contributed by atoms with van der Waals surface area (Å²) in [5, 5.41) is 2.99. The largest absolute Gasteiger partial charge is 0.355 e. The molecular weight excluding hydrogens is 294 g/mol. The van der Waals surface area contributed by atoms with Gasteiger partial charge in [-0.15, -0.1) is 0 Å². The van der Waals surface area contributed by atoms with Gasteiger partial charge in [0.05, 0.1) is 6.42 Å². The summed E-state index contributed by atoms with van der Waals surface area (Å²) in [6.07, 6.45) is 0.420. The Morgan fingerprint density at radius 3 is 2.94 bits per heavy atom. The number of amides is 1. The van der Waals surface area contributed by atoms with E-state index in [1.807, 2.05) is 24.3 Å². The molecule has 1 aromatic carbocycles. The molecule has 0 aromatic heterocycles. The molecule has 1 heterocycles. The number of halogens is 1. The van der Waals surface area contributed by atoms with Gasteiger partial charge in [0.1, 0.15) is 0 Å². The number of carbonyl (C=O) groups excluding carboxylic acids is 1.